The van der Waals surface area contributed by atoms with Crippen molar-refractivity contribution in [3.63, 3.8) is 0 Å². The van der Waals surface area contributed by atoms with Gasteiger partial charge in [0.25, 0.3) is 11.8 Å². The summed E-state index contributed by atoms with van der Waals surface area (Å²) in [7, 11) is 0. The van der Waals surface area contributed by atoms with Crippen molar-refractivity contribution >= 4 is 35.1 Å². The summed E-state index contributed by atoms with van der Waals surface area (Å²) in [6.45, 7) is 9.15. The van der Waals surface area contributed by atoms with Crippen molar-refractivity contribution < 1.29 is 19.1 Å². The van der Waals surface area contributed by atoms with Crippen LogP contribution in [0.4, 0.5) is 5.69 Å². The van der Waals surface area contributed by atoms with Crippen LogP contribution in [0.1, 0.15) is 49.2 Å². The molecule has 7 heteroatoms. The Labute approximate surface area is 182 Å². The molecule has 0 aliphatic carbocycles. The Morgan fingerprint density at radius 3 is 2.30 bits per heavy atom. The lowest BCUT2D eigenvalue weighted by Crippen LogP contribution is -2.36. The fourth-order valence-electron chi connectivity index (χ4n) is 2.65. The van der Waals surface area contributed by atoms with Crippen molar-refractivity contribution in [2.24, 2.45) is 0 Å². The summed E-state index contributed by atoms with van der Waals surface area (Å²) >= 11 is 6.04. The van der Waals surface area contributed by atoms with Crippen LogP contribution in [-0.2, 0) is 19.7 Å². The van der Waals surface area contributed by atoms with Gasteiger partial charge in [-0.3, -0.25) is 14.4 Å². The SMILES string of the molecule is Cc1c(Cl)cccc1NC(=O)C(C)OC(=O)CNC(=O)c1ccc(C(C)(C)C)cc1. The van der Waals surface area contributed by atoms with Crippen LogP contribution in [0.25, 0.3) is 0 Å². The quantitative estimate of drug-likeness (QED) is 0.671. The van der Waals surface area contributed by atoms with Gasteiger partial charge in [-0.15, -0.1) is 0 Å². The minimum Gasteiger partial charge on any atom is -0.451 e. The molecule has 1 atom stereocenters. The zero-order valence-corrected chi connectivity index (χ0v) is 18.6. The van der Waals surface area contributed by atoms with Gasteiger partial charge in [-0.1, -0.05) is 50.6 Å². The third-order valence-electron chi connectivity index (χ3n) is 4.61. The summed E-state index contributed by atoms with van der Waals surface area (Å²) in [4.78, 5) is 36.5. The zero-order valence-electron chi connectivity index (χ0n) is 17.8. The maximum atomic E-state index is 12.3. The van der Waals surface area contributed by atoms with E-state index in [1.807, 2.05) is 12.1 Å². The number of anilines is 1. The molecule has 0 aliphatic rings. The standard InChI is InChI=1S/C23H27ClN2O4/c1-14-18(24)7-6-8-19(14)26-21(28)15(2)30-20(27)13-25-22(29)16-9-11-17(12-10-16)23(3,4)5/h6-12,15H,13H2,1-5H3,(H,25,29)(H,26,28). The summed E-state index contributed by atoms with van der Waals surface area (Å²) in [5, 5.41) is 5.70. The number of amides is 2. The van der Waals surface area contributed by atoms with Crippen LogP contribution in [0.3, 0.4) is 0 Å². The Balaban J connectivity index is 1.85. The number of hydrogen-bond acceptors (Lipinski definition) is 4. The van der Waals surface area contributed by atoms with E-state index in [0.717, 1.165) is 11.1 Å². The monoisotopic (exact) mass is 430 g/mol. The number of esters is 1. The summed E-state index contributed by atoms with van der Waals surface area (Å²) in [6, 6.07) is 12.3. The van der Waals surface area contributed by atoms with Crippen molar-refractivity contribution in [1.82, 2.24) is 5.32 Å². The largest absolute Gasteiger partial charge is 0.451 e. The molecule has 2 N–H and O–H groups in total. The van der Waals surface area contributed by atoms with Crippen molar-refractivity contribution in [2.75, 3.05) is 11.9 Å². The number of ether oxygens (including phenoxy) is 1. The van der Waals surface area contributed by atoms with Gasteiger partial charge in [0.15, 0.2) is 6.10 Å². The number of halogens is 1. The molecule has 0 spiro atoms. The Morgan fingerprint density at radius 1 is 1.07 bits per heavy atom. The van der Waals surface area contributed by atoms with Gasteiger partial charge in [0.05, 0.1) is 0 Å². The van der Waals surface area contributed by atoms with Crippen molar-refractivity contribution in [3.8, 4) is 0 Å². The first-order valence-electron chi connectivity index (χ1n) is 9.63. The topological polar surface area (TPSA) is 84.5 Å². The van der Waals surface area contributed by atoms with Crippen molar-refractivity contribution in [2.45, 2.75) is 46.1 Å². The molecule has 30 heavy (non-hydrogen) atoms. The Hall–Kier alpha value is -2.86. The predicted molar refractivity (Wildman–Crippen MR) is 118 cm³/mol. The van der Waals surface area contributed by atoms with Gasteiger partial charge >= 0.3 is 5.97 Å². The van der Waals surface area contributed by atoms with Crippen LogP contribution in [0.2, 0.25) is 5.02 Å². The molecule has 0 bridgehead atoms. The molecule has 0 fully saturated rings. The van der Waals surface area contributed by atoms with Gasteiger partial charge in [-0.2, -0.15) is 0 Å². The van der Waals surface area contributed by atoms with Gasteiger partial charge in [-0.05, 0) is 54.7 Å². The highest BCUT2D eigenvalue weighted by atomic mass is 35.5. The minimum atomic E-state index is -1.03. The number of carbonyl (C=O) groups is 3. The lowest BCUT2D eigenvalue weighted by atomic mass is 9.87. The molecule has 160 valence electrons. The van der Waals surface area contributed by atoms with E-state index in [4.69, 9.17) is 16.3 Å². The molecular formula is C23H27ClN2O4. The van der Waals surface area contributed by atoms with Crippen LogP contribution in [0.5, 0.6) is 0 Å². The molecular weight excluding hydrogens is 404 g/mol. The van der Waals surface area contributed by atoms with Gasteiger partial charge < -0.3 is 15.4 Å². The third-order valence-corrected chi connectivity index (χ3v) is 5.02. The van der Waals surface area contributed by atoms with E-state index in [1.54, 1.807) is 37.3 Å². The first kappa shape index (κ1) is 23.4. The first-order valence-corrected chi connectivity index (χ1v) is 10.0. The predicted octanol–water partition coefficient (Wildman–Crippen LogP) is 4.25. The van der Waals surface area contributed by atoms with Crippen molar-refractivity contribution in [3.05, 3.63) is 64.2 Å². The average molecular weight is 431 g/mol. The summed E-state index contributed by atoms with van der Waals surface area (Å²) in [6.07, 6.45) is -1.03. The van der Waals surface area contributed by atoms with Crippen LogP contribution in [0, 0.1) is 6.92 Å². The zero-order chi connectivity index (χ0) is 22.5. The number of carbonyl (C=O) groups excluding carboxylic acids is 3. The van der Waals surface area contributed by atoms with Gasteiger partial charge in [0.2, 0.25) is 0 Å². The molecule has 0 radical (unpaired) electrons. The summed E-state index contributed by atoms with van der Waals surface area (Å²) < 4.78 is 5.11. The Kier molecular flexibility index (Phi) is 7.62. The second kappa shape index (κ2) is 9.76. The van der Waals surface area contributed by atoms with E-state index in [-0.39, 0.29) is 17.9 Å². The van der Waals surface area contributed by atoms with E-state index in [1.165, 1.54) is 6.92 Å². The third kappa shape index (κ3) is 6.32. The molecule has 1 unspecified atom stereocenters. The molecule has 2 aromatic rings. The maximum Gasteiger partial charge on any atom is 0.326 e. The van der Waals surface area contributed by atoms with Gasteiger partial charge in [0.1, 0.15) is 6.54 Å². The minimum absolute atomic E-state index is 0.0147. The van der Waals surface area contributed by atoms with E-state index < -0.39 is 18.0 Å². The number of benzene rings is 2. The highest BCUT2D eigenvalue weighted by molar-refractivity contribution is 6.31. The fraction of sp³-hybridized carbons (Fsp3) is 0.348. The fourth-order valence-corrected chi connectivity index (χ4v) is 2.82. The van der Waals surface area contributed by atoms with Crippen molar-refractivity contribution in [1.29, 1.82) is 0 Å². The molecule has 0 aliphatic heterocycles. The van der Waals surface area contributed by atoms with E-state index in [2.05, 4.69) is 31.4 Å². The Bertz CT molecular complexity index is 933. The number of rotatable bonds is 6. The average Bonchev–Trinajstić information content (AvgIpc) is 2.69. The summed E-state index contributed by atoms with van der Waals surface area (Å²) in [5.74, 6) is -1.59. The van der Waals surface area contributed by atoms with E-state index in [0.29, 0.717) is 16.3 Å². The second-order valence-electron chi connectivity index (χ2n) is 8.04. The second-order valence-corrected chi connectivity index (χ2v) is 8.45. The highest BCUT2D eigenvalue weighted by Gasteiger charge is 2.20. The normalized spacial score (nSPS) is 12.1. The van der Waals surface area contributed by atoms with Gasteiger partial charge in [0, 0.05) is 16.3 Å². The number of nitrogens with one attached hydrogen (secondary N) is 2. The number of hydrogen-bond donors (Lipinski definition) is 2. The van der Waals surface area contributed by atoms with E-state index >= 15 is 0 Å². The van der Waals surface area contributed by atoms with Crippen LogP contribution >= 0.6 is 11.6 Å². The van der Waals surface area contributed by atoms with Crippen LogP contribution < -0.4 is 10.6 Å². The molecule has 0 aromatic heterocycles. The van der Waals surface area contributed by atoms with Crippen LogP contribution in [0.15, 0.2) is 42.5 Å². The molecule has 0 saturated heterocycles. The van der Waals surface area contributed by atoms with Gasteiger partial charge in [-0.25, -0.2) is 0 Å². The lowest BCUT2D eigenvalue weighted by Gasteiger charge is -2.19. The lowest BCUT2D eigenvalue weighted by molar-refractivity contribution is -0.152. The molecule has 2 rings (SSSR count). The highest BCUT2D eigenvalue weighted by Crippen LogP contribution is 2.23. The Morgan fingerprint density at radius 2 is 1.70 bits per heavy atom. The first-order chi connectivity index (χ1) is 14.0. The molecule has 6 nitrogen and oxygen atoms in total. The maximum absolute atomic E-state index is 12.3. The van der Waals surface area contributed by atoms with E-state index in [9.17, 15) is 14.4 Å². The molecule has 2 amide bonds. The summed E-state index contributed by atoms with van der Waals surface area (Å²) in [5.41, 5.74) is 2.79. The molecule has 2 aromatic carbocycles. The smallest absolute Gasteiger partial charge is 0.326 e. The van der Waals surface area contributed by atoms with Crippen LogP contribution in [-0.4, -0.2) is 30.4 Å². The molecule has 0 heterocycles. The molecule has 0 saturated carbocycles.